The Labute approximate surface area is 171 Å². The highest BCUT2D eigenvalue weighted by atomic mass is 19.1. The molecule has 2 aromatic heterocycles. The molecule has 0 radical (unpaired) electrons. The number of anilines is 2. The van der Waals surface area contributed by atoms with Gasteiger partial charge in [-0.3, -0.25) is 10.1 Å². The van der Waals surface area contributed by atoms with Crippen LogP contribution in [-0.2, 0) is 11.2 Å². The SMILES string of the molecule is Cc1cc(-c2noc(NC(=O)Cc3ccccc3)c2-c2ccnc(N)n2)ccc1F. The topological polar surface area (TPSA) is 107 Å². The van der Waals surface area contributed by atoms with Gasteiger partial charge in [-0.25, -0.2) is 14.4 Å². The lowest BCUT2D eigenvalue weighted by molar-refractivity contribution is -0.115. The van der Waals surface area contributed by atoms with Gasteiger partial charge in [0, 0.05) is 11.8 Å². The molecule has 0 saturated heterocycles. The van der Waals surface area contributed by atoms with Gasteiger partial charge in [0.15, 0.2) is 0 Å². The first-order chi connectivity index (χ1) is 14.5. The Hall–Kier alpha value is -4.07. The Kier molecular flexibility index (Phi) is 5.21. The number of carbonyl (C=O) groups excluding carboxylic acids is 1. The average Bonchev–Trinajstić information content (AvgIpc) is 3.14. The largest absolute Gasteiger partial charge is 0.368 e. The van der Waals surface area contributed by atoms with E-state index < -0.39 is 0 Å². The summed E-state index contributed by atoms with van der Waals surface area (Å²) >= 11 is 0. The molecule has 4 rings (SSSR count). The van der Waals surface area contributed by atoms with Gasteiger partial charge >= 0.3 is 0 Å². The molecule has 1 amide bonds. The summed E-state index contributed by atoms with van der Waals surface area (Å²) in [5.74, 6) is -0.406. The number of nitrogens with two attached hydrogens (primary N) is 1. The summed E-state index contributed by atoms with van der Waals surface area (Å²) in [5.41, 5.74) is 8.95. The van der Waals surface area contributed by atoms with Crippen LogP contribution in [0.1, 0.15) is 11.1 Å². The number of halogens is 1. The molecule has 2 heterocycles. The van der Waals surface area contributed by atoms with Gasteiger partial charge in [-0.2, -0.15) is 0 Å². The van der Waals surface area contributed by atoms with Gasteiger partial charge < -0.3 is 10.3 Å². The Morgan fingerprint density at radius 1 is 1.17 bits per heavy atom. The maximum atomic E-state index is 13.7. The van der Waals surface area contributed by atoms with E-state index in [9.17, 15) is 9.18 Å². The quantitative estimate of drug-likeness (QED) is 0.521. The number of hydrogen-bond acceptors (Lipinski definition) is 6. The van der Waals surface area contributed by atoms with Crippen LogP contribution in [0, 0.1) is 12.7 Å². The molecule has 4 aromatic rings. The number of aryl methyl sites for hydroxylation is 1. The van der Waals surface area contributed by atoms with Gasteiger partial charge in [0.2, 0.25) is 17.7 Å². The number of nitrogens with one attached hydrogen (secondary N) is 1. The highest BCUT2D eigenvalue weighted by molar-refractivity contribution is 5.97. The minimum Gasteiger partial charge on any atom is -0.368 e. The fourth-order valence-electron chi connectivity index (χ4n) is 3.07. The third-order valence-corrected chi connectivity index (χ3v) is 4.51. The summed E-state index contributed by atoms with van der Waals surface area (Å²) in [7, 11) is 0. The van der Waals surface area contributed by atoms with Gasteiger partial charge in [-0.05, 0) is 42.3 Å². The molecular formula is C22H18FN5O2. The third kappa shape index (κ3) is 4.02. The third-order valence-electron chi connectivity index (χ3n) is 4.51. The molecule has 8 heteroatoms. The number of amides is 1. The van der Waals surface area contributed by atoms with Crippen molar-refractivity contribution in [2.24, 2.45) is 0 Å². The van der Waals surface area contributed by atoms with Crippen molar-refractivity contribution in [1.29, 1.82) is 0 Å². The molecule has 150 valence electrons. The first-order valence-corrected chi connectivity index (χ1v) is 9.20. The van der Waals surface area contributed by atoms with Crippen molar-refractivity contribution < 1.29 is 13.7 Å². The second kappa shape index (κ2) is 8.12. The van der Waals surface area contributed by atoms with Crippen LogP contribution in [0.2, 0.25) is 0 Å². The zero-order valence-corrected chi connectivity index (χ0v) is 16.1. The average molecular weight is 403 g/mol. The number of nitrogens with zero attached hydrogens (tertiary/aromatic N) is 3. The van der Waals surface area contributed by atoms with Gasteiger partial charge in [-0.15, -0.1) is 0 Å². The van der Waals surface area contributed by atoms with E-state index in [4.69, 9.17) is 10.3 Å². The molecule has 3 N–H and O–H groups in total. The van der Waals surface area contributed by atoms with Crippen molar-refractivity contribution in [3.63, 3.8) is 0 Å². The number of nitrogen functional groups attached to an aromatic ring is 1. The summed E-state index contributed by atoms with van der Waals surface area (Å²) in [6.45, 7) is 1.66. The summed E-state index contributed by atoms with van der Waals surface area (Å²) in [5, 5.41) is 6.86. The normalized spacial score (nSPS) is 10.7. The molecule has 0 atom stereocenters. The molecule has 0 aliphatic heterocycles. The number of aromatic nitrogens is 3. The highest BCUT2D eigenvalue weighted by Crippen LogP contribution is 2.37. The van der Waals surface area contributed by atoms with Gasteiger partial charge in [-0.1, -0.05) is 35.5 Å². The Morgan fingerprint density at radius 3 is 2.70 bits per heavy atom. The zero-order valence-electron chi connectivity index (χ0n) is 16.1. The smallest absolute Gasteiger partial charge is 0.241 e. The van der Waals surface area contributed by atoms with Crippen LogP contribution in [0.5, 0.6) is 0 Å². The summed E-state index contributed by atoms with van der Waals surface area (Å²) < 4.78 is 19.2. The van der Waals surface area contributed by atoms with Crippen molar-refractivity contribution in [3.05, 3.63) is 77.7 Å². The monoisotopic (exact) mass is 403 g/mol. The molecule has 0 aliphatic rings. The van der Waals surface area contributed by atoms with Crippen molar-refractivity contribution >= 4 is 17.7 Å². The van der Waals surface area contributed by atoms with Crippen LogP contribution >= 0.6 is 0 Å². The summed E-state index contributed by atoms with van der Waals surface area (Å²) in [6, 6.07) is 15.5. The van der Waals surface area contributed by atoms with E-state index in [-0.39, 0.29) is 30.0 Å². The minimum atomic E-state index is -0.327. The van der Waals surface area contributed by atoms with Gasteiger partial charge in [0.05, 0.1) is 17.7 Å². The predicted octanol–water partition coefficient (Wildman–Crippen LogP) is 4.01. The molecule has 0 aliphatic carbocycles. The first kappa shape index (κ1) is 19.3. The van der Waals surface area contributed by atoms with E-state index in [2.05, 4.69) is 20.4 Å². The van der Waals surface area contributed by atoms with E-state index >= 15 is 0 Å². The van der Waals surface area contributed by atoms with Crippen LogP contribution in [0.4, 0.5) is 16.2 Å². The fraction of sp³-hybridized carbons (Fsp3) is 0.0909. The second-order valence-corrected chi connectivity index (χ2v) is 6.71. The molecular weight excluding hydrogens is 385 g/mol. The van der Waals surface area contributed by atoms with Crippen LogP contribution in [-0.4, -0.2) is 21.0 Å². The fourth-order valence-corrected chi connectivity index (χ4v) is 3.07. The lowest BCUT2D eigenvalue weighted by Gasteiger charge is -2.07. The van der Waals surface area contributed by atoms with E-state index in [0.717, 1.165) is 5.56 Å². The zero-order chi connectivity index (χ0) is 21.1. The van der Waals surface area contributed by atoms with Crippen LogP contribution in [0.15, 0.2) is 65.3 Å². The number of carbonyl (C=O) groups is 1. The lowest BCUT2D eigenvalue weighted by Crippen LogP contribution is -2.14. The Balaban J connectivity index is 1.74. The minimum absolute atomic E-state index is 0.0662. The Morgan fingerprint density at radius 2 is 1.97 bits per heavy atom. The highest BCUT2D eigenvalue weighted by Gasteiger charge is 2.23. The Bertz CT molecular complexity index is 1210. The summed E-state index contributed by atoms with van der Waals surface area (Å²) in [6.07, 6.45) is 1.66. The second-order valence-electron chi connectivity index (χ2n) is 6.71. The lowest BCUT2D eigenvalue weighted by atomic mass is 10.0. The van der Waals surface area contributed by atoms with E-state index in [0.29, 0.717) is 28.1 Å². The molecule has 0 spiro atoms. The van der Waals surface area contributed by atoms with E-state index in [1.165, 1.54) is 12.3 Å². The van der Waals surface area contributed by atoms with Crippen LogP contribution in [0.3, 0.4) is 0 Å². The van der Waals surface area contributed by atoms with Gasteiger partial charge in [0.1, 0.15) is 11.5 Å². The molecule has 0 saturated carbocycles. The molecule has 0 bridgehead atoms. The van der Waals surface area contributed by atoms with E-state index in [1.807, 2.05) is 30.3 Å². The van der Waals surface area contributed by atoms with Crippen molar-refractivity contribution in [1.82, 2.24) is 15.1 Å². The first-order valence-electron chi connectivity index (χ1n) is 9.20. The molecule has 7 nitrogen and oxygen atoms in total. The molecule has 0 unspecified atom stereocenters. The maximum absolute atomic E-state index is 13.7. The van der Waals surface area contributed by atoms with Crippen LogP contribution in [0.25, 0.3) is 22.5 Å². The van der Waals surface area contributed by atoms with Gasteiger partial charge in [0.25, 0.3) is 0 Å². The molecule has 2 aromatic carbocycles. The number of benzene rings is 2. The molecule has 0 fully saturated rings. The van der Waals surface area contributed by atoms with E-state index in [1.54, 1.807) is 25.1 Å². The maximum Gasteiger partial charge on any atom is 0.241 e. The molecule has 30 heavy (non-hydrogen) atoms. The van der Waals surface area contributed by atoms with Crippen LogP contribution < -0.4 is 11.1 Å². The standard InChI is InChI=1S/C22H18FN5O2/c1-13-11-15(7-8-16(13)23)20-19(17-9-10-25-22(24)26-17)21(30-28-20)27-18(29)12-14-5-3-2-4-6-14/h2-11H,12H2,1H3,(H,27,29)(H2,24,25,26). The number of rotatable bonds is 5. The van der Waals surface area contributed by atoms with Crippen molar-refractivity contribution in [2.45, 2.75) is 13.3 Å². The number of hydrogen-bond donors (Lipinski definition) is 2. The van der Waals surface area contributed by atoms with Crippen molar-refractivity contribution in [2.75, 3.05) is 11.1 Å². The predicted molar refractivity (Wildman–Crippen MR) is 111 cm³/mol. The summed E-state index contributed by atoms with van der Waals surface area (Å²) in [4.78, 5) is 20.7. The van der Waals surface area contributed by atoms with Crippen molar-refractivity contribution in [3.8, 4) is 22.5 Å².